The van der Waals surface area contributed by atoms with Crippen molar-refractivity contribution >= 4 is 17.7 Å². The molecular formula is C23H22N2O5. The van der Waals surface area contributed by atoms with Gasteiger partial charge in [0.25, 0.3) is 0 Å². The molecule has 0 saturated heterocycles. The summed E-state index contributed by atoms with van der Waals surface area (Å²) in [5.74, 6) is -2.36. The first-order valence-corrected chi connectivity index (χ1v) is 9.18. The van der Waals surface area contributed by atoms with E-state index in [1.54, 1.807) is 6.33 Å². The smallest absolute Gasteiger partial charge is 0.328 e. The number of nitrogens with one attached hydrogen (secondary N) is 1. The summed E-state index contributed by atoms with van der Waals surface area (Å²) in [7, 11) is 0. The lowest BCUT2D eigenvalue weighted by Crippen LogP contribution is -2.02. The topological polar surface area (TPSA) is 120 Å². The van der Waals surface area contributed by atoms with Crippen LogP contribution in [-0.2, 0) is 16.0 Å². The van der Waals surface area contributed by atoms with Gasteiger partial charge < -0.3 is 15.2 Å². The molecule has 0 spiro atoms. The number of hydrogen-bond acceptors (Lipinski definition) is 4. The van der Waals surface area contributed by atoms with Crippen molar-refractivity contribution in [3.05, 3.63) is 90.0 Å². The van der Waals surface area contributed by atoms with Crippen LogP contribution in [-0.4, -0.2) is 37.9 Å². The Labute approximate surface area is 173 Å². The van der Waals surface area contributed by atoms with Crippen LogP contribution in [0.1, 0.15) is 28.2 Å². The Morgan fingerprint density at radius 3 is 2.13 bits per heavy atom. The fourth-order valence-electron chi connectivity index (χ4n) is 2.66. The van der Waals surface area contributed by atoms with Gasteiger partial charge >= 0.3 is 11.9 Å². The molecule has 1 aromatic heterocycles. The number of carbonyl (C=O) groups excluding carboxylic acids is 1. The van der Waals surface area contributed by atoms with E-state index in [-0.39, 0.29) is 5.78 Å². The predicted octanol–water partition coefficient (Wildman–Crippen LogP) is 3.91. The van der Waals surface area contributed by atoms with Crippen molar-refractivity contribution in [3.63, 3.8) is 0 Å². The molecule has 7 nitrogen and oxygen atoms in total. The molecule has 7 heteroatoms. The molecule has 0 aliphatic carbocycles. The first kappa shape index (κ1) is 22.3. The van der Waals surface area contributed by atoms with Crippen molar-refractivity contribution in [2.45, 2.75) is 19.8 Å². The van der Waals surface area contributed by atoms with Crippen LogP contribution >= 0.6 is 0 Å². The van der Waals surface area contributed by atoms with E-state index < -0.39 is 11.9 Å². The molecule has 0 saturated carbocycles. The SMILES string of the molecule is Cc1[nH]cnc1CCC(=O)c1cccc(-c2ccccc2)c1.O=C(O)/C=C\C(=O)O. The number of aryl methyl sites for hydroxylation is 2. The molecule has 1 heterocycles. The molecule has 0 aliphatic heterocycles. The van der Waals surface area contributed by atoms with Crippen LogP contribution in [0.4, 0.5) is 0 Å². The van der Waals surface area contributed by atoms with Gasteiger partial charge in [-0.05, 0) is 30.5 Å². The average Bonchev–Trinajstić information content (AvgIpc) is 3.16. The van der Waals surface area contributed by atoms with E-state index in [0.29, 0.717) is 25.0 Å². The van der Waals surface area contributed by atoms with Crippen molar-refractivity contribution < 1.29 is 24.6 Å². The zero-order chi connectivity index (χ0) is 21.9. The Bertz CT molecular complexity index is 1020. The molecule has 0 bridgehead atoms. The second-order valence-corrected chi connectivity index (χ2v) is 6.35. The maximum absolute atomic E-state index is 12.4. The van der Waals surface area contributed by atoms with Crippen molar-refractivity contribution in [2.75, 3.05) is 0 Å². The Balaban J connectivity index is 0.000000343. The third-order valence-electron chi connectivity index (χ3n) is 4.18. The molecule has 0 unspecified atom stereocenters. The van der Waals surface area contributed by atoms with Crippen molar-refractivity contribution in [1.29, 1.82) is 0 Å². The van der Waals surface area contributed by atoms with Gasteiger partial charge in [-0.3, -0.25) is 4.79 Å². The molecule has 0 aliphatic rings. The number of nitrogens with zero attached hydrogens (tertiary/aromatic N) is 1. The number of benzene rings is 2. The average molecular weight is 406 g/mol. The molecule has 0 fully saturated rings. The second-order valence-electron chi connectivity index (χ2n) is 6.35. The number of aliphatic carboxylic acids is 2. The highest BCUT2D eigenvalue weighted by atomic mass is 16.4. The minimum Gasteiger partial charge on any atom is -0.478 e. The highest BCUT2D eigenvalue weighted by molar-refractivity contribution is 5.97. The standard InChI is InChI=1S/C19H18N2O.C4H4O4/c1-14-18(21-13-20-14)10-11-19(22)17-9-5-8-16(12-17)15-6-3-2-4-7-15;5-3(6)1-2-4(7)8/h2-9,12-13H,10-11H2,1H3,(H,20,21);1-2H,(H,5,6)(H,7,8)/b;2-1-. The molecule has 3 N–H and O–H groups in total. The van der Waals surface area contributed by atoms with Crippen LogP contribution in [0.15, 0.2) is 73.1 Å². The lowest BCUT2D eigenvalue weighted by molar-refractivity contribution is -0.134. The summed E-state index contributed by atoms with van der Waals surface area (Å²) in [5, 5.41) is 15.6. The van der Waals surface area contributed by atoms with E-state index in [0.717, 1.165) is 28.1 Å². The highest BCUT2D eigenvalue weighted by Gasteiger charge is 2.09. The normalized spacial score (nSPS) is 10.3. The van der Waals surface area contributed by atoms with Crippen LogP contribution in [0, 0.1) is 6.92 Å². The molecular weight excluding hydrogens is 384 g/mol. The van der Waals surface area contributed by atoms with E-state index in [1.807, 2.05) is 49.4 Å². The van der Waals surface area contributed by atoms with Crippen LogP contribution in [0.25, 0.3) is 11.1 Å². The quantitative estimate of drug-likeness (QED) is 0.404. The van der Waals surface area contributed by atoms with Crippen LogP contribution in [0.5, 0.6) is 0 Å². The van der Waals surface area contributed by atoms with Gasteiger partial charge in [-0.15, -0.1) is 0 Å². The number of hydrogen-bond donors (Lipinski definition) is 3. The molecule has 3 aromatic rings. The number of ketones is 1. The lowest BCUT2D eigenvalue weighted by atomic mass is 9.99. The maximum Gasteiger partial charge on any atom is 0.328 e. The number of carboxylic acid groups (broad SMARTS) is 2. The van der Waals surface area contributed by atoms with E-state index in [1.165, 1.54) is 0 Å². The molecule has 2 aromatic carbocycles. The molecule has 3 rings (SSSR count). The van der Waals surface area contributed by atoms with E-state index in [4.69, 9.17) is 10.2 Å². The number of carbonyl (C=O) groups is 3. The van der Waals surface area contributed by atoms with Gasteiger partial charge in [0.2, 0.25) is 0 Å². The van der Waals surface area contributed by atoms with Crippen molar-refractivity contribution in [1.82, 2.24) is 9.97 Å². The highest BCUT2D eigenvalue weighted by Crippen LogP contribution is 2.21. The minimum absolute atomic E-state index is 0.153. The van der Waals surface area contributed by atoms with Gasteiger partial charge in [0.05, 0.1) is 12.0 Å². The van der Waals surface area contributed by atoms with Gasteiger partial charge in [0.15, 0.2) is 5.78 Å². The maximum atomic E-state index is 12.4. The zero-order valence-corrected chi connectivity index (χ0v) is 16.4. The van der Waals surface area contributed by atoms with Crippen LogP contribution < -0.4 is 0 Å². The molecule has 0 radical (unpaired) electrons. The van der Waals surface area contributed by atoms with E-state index in [2.05, 4.69) is 22.1 Å². The van der Waals surface area contributed by atoms with Gasteiger partial charge in [-0.25, -0.2) is 14.6 Å². The fourth-order valence-corrected chi connectivity index (χ4v) is 2.66. The van der Waals surface area contributed by atoms with Crippen LogP contribution in [0.3, 0.4) is 0 Å². The van der Waals surface area contributed by atoms with Crippen molar-refractivity contribution in [2.24, 2.45) is 0 Å². The third-order valence-corrected chi connectivity index (χ3v) is 4.18. The monoisotopic (exact) mass is 406 g/mol. The largest absolute Gasteiger partial charge is 0.478 e. The summed E-state index contributed by atoms with van der Waals surface area (Å²) in [4.78, 5) is 38.8. The zero-order valence-electron chi connectivity index (χ0n) is 16.4. The summed E-state index contributed by atoms with van der Waals surface area (Å²) in [6.07, 6.45) is 3.93. The summed E-state index contributed by atoms with van der Waals surface area (Å²) in [5.41, 5.74) is 4.95. The summed E-state index contributed by atoms with van der Waals surface area (Å²) in [6.45, 7) is 1.98. The number of carboxylic acids is 2. The molecule has 154 valence electrons. The van der Waals surface area contributed by atoms with E-state index >= 15 is 0 Å². The van der Waals surface area contributed by atoms with E-state index in [9.17, 15) is 14.4 Å². The third kappa shape index (κ3) is 7.20. The number of imidazole rings is 1. The Morgan fingerprint density at radius 2 is 1.57 bits per heavy atom. The predicted molar refractivity (Wildman–Crippen MR) is 112 cm³/mol. The summed E-state index contributed by atoms with van der Waals surface area (Å²) < 4.78 is 0. The first-order chi connectivity index (χ1) is 14.4. The summed E-state index contributed by atoms with van der Waals surface area (Å²) in [6, 6.07) is 17.9. The summed E-state index contributed by atoms with van der Waals surface area (Å²) >= 11 is 0. The second kappa shape index (κ2) is 11.1. The van der Waals surface area contributed by atoms with Crippen molar-refractivity contribution in [3.8, 4) is 11.1 Å². The number of rotatable bonds is 7. The van der Waals surface area contributed by atoms with Crippen LogP contribution in [0.2, 0.25) is 0 Å². The molecule has 0 amide bonds. The van der Waals surface area contributed by atoms with Gasteiger partial charge in [0.1, 0.15) is 0 Å². The Hall–Kier alpha value is -4.00. The minimum atomic E-state index is -1.26. The number of aromatic nitrogens is 2. The Kier molecular flexibility index (Phi) is 8.26. The molecule has 30 heavy (non-hydrogen) atoms. The lowest BCUT2D eigenvalue weighted by Gasteiger charge is -2.05. The fraction of sp³-hybridized carbons (Fsp3) is 0.130. The molecule has 0 atom stereocenters. The number of Topliss-reactive ketones (excluding diaryl/α,β-unsaturated/α-hetero) is 1. The van der Waals surface area contributed by atoms with Gasteiger partial charge in [-0.1, -0.05) is 48.5 Å². The number of aromatic amines is 1. The number of H-pyrrole nitrogens is 1. The van der Waals surface area contributed by atoms with Gasteiger partial charge in [-0.2, -0.15) is 0 Å². The Morgan fingerprint density at radius 1 is 0.933 bits per heavy atom. The first-order valence-electron chi connectivity index (χ1n) is 9.18. The van der Waals surface area contributed by atoms with Gasteiger partial charge in [0, 0.05) is 29.8 Å².